The van der Waals surface area contributed by atoms with E-state index < -0.39 is 0 Å². The molecule has 0 bridgehead atoms. The highest BCUT2D eigenvalue weighted by Crippen LogP contribution is 2.24. The van der Waals surface area contributed by atoms with Gasteiger partial charge in [-0.3, -0.25) is 0 Å². The molecule has 0 aliphatic carbocycles. The summed E-state index contributed by atoms with van der Waals surface area (Å²) < 4.78 is 5.21. The van der Waals surface area contributed by atoms with Crippen molar-refractivity contribution in [2.45, 2.75) is 13.5 Å². The molecule has 2 N–H and O–H groups in total. The Morgan fingerprint density at radius 2 is 1.88 bits per heavy atom. The van der Waals surface area contributed by atoms with Gasteiger partial charge in [-0.15, -0.1) is 0 Å². The van der Waals surface area contributed by atoms with Crippen molar-refractivity contribution in [3.8, 4) is 11.5 Å². The van der Waals surface area contributed by atoms with Gasteiger partial charge in [-0.05, 0) is 49.5 Å². The maximum absolute atomic E-state index is 10.1. The van der Waals surface area contributed by atoms with Crippen LogP contribution in [0.1, 0.15) is 12.5 Å². The Morgan fingerprint density at radius 3 is 2.46 bits per heavy atom. The maximum atomic E-state index is 10.1. The third-order valence-corrected chi connectivity index (χ3v) is 3.86. The average Bonchev–Trinajstić information content (AvgIpc) is 2.59. The third-order valence-electron chi connectivity index (χ3n) is 3.49. The molecular formula is C19H22N2O2S. The van der Waals surface area contributed by atoms with Gasteiger partial charge in [0.2, 0.25) is 0 Å². The van der Waals surface area contributed by atoms with E-state index in [1.54, 1.807) is 19.2 Å². The van der Waals surface area contributed by atoms with Crippen LogP contribution in [0.5, 0.6) is 11.5 Å². The molecule has 0 saturated carbocycles. The Morgan fingerprint density at radius 1 is 1.21 bits per heavy atom. The van der Waals surface area contributed by atoms with E-state index in [1.807, 2.05) is 48.2 Å². The molecule has 4 nitrogen and oxygen atoms in total. The summed E-state index contributed by atoms with van der Waals surface area (Å²) in [4.78, 5) is 1.94. The number of methoxy groups -OCH3 is 1. The summed E-state index contributed by atoms with van der Waals surface area (Å²) in [5.41, 5.74) is 2.71. The number of rotatable bonds is 6. The zero-order valence-electron chi connectivity index (χ0n) is 14.0. The molecule has 126 valence electrons. The molecule has 0 heterocycles. The van der Waals surface area contributed by atoms with Crippen LogP contribution in [0.15, 0.2) is 60.7 Å². The van der Waals surface area contributed by atoms with Crippen LogP contribution in [0.3, 0.4) is 0 Å². The van der Waals surface area contributed by atoms with E-state index in [2.05, 4.69) is 11.9 Å². The molecule has 0 spiro atoms. The molecule has 0 atom stereocenters. The van der Waals surface area contributed by atoms with Crippen molar-refractivity contribution in [1.29, 1.82) is 0 Å². The van der Waals surface area contributed by atoms with Gasteiger partial charge in [-0.25, -0.2) is 0 Å². The summed E-state index contributed by atoms with van der Waals surface area (Å²) in [5, 5.41) is 13.8. The fourth-order valence-corrected chi connectivity index (χ4v) is 2.42. The topological polar surface area (TPSA) is 44.7 Å². The number of nitrogens with one attached hydrogen (secondary N) is 1. The summed E-state index contributed by atoms with van der Waals surface area (Å²) in [6.07, 6.45) is 0. The molecule has 0 saturated heterocycles. The maximum Gasteiger partial charge on any atom is 0.174 e. The molecule has 0 radical (unpaired) electrons. The number of hydrogen-bond acceptors (Lipinski definition) is 3. The second-order valence-electron chi connectivity index (χ2n) is 5.53. The minimum absolute atomic E-state index is 0.249. The largest absolute Gasteiger partial charge is 0.508 e. The Kier molecular flexibility index (Phi) is 6.21. The van der Waals surface area contributed by atoms with E-state index in [9.17, 15) is 5.11 Å². The van der Waals surface area contributed by atoms with E-state index in [4.69, 9.17) is 17.0 Å². The second kappa shape index (κ2) is 8.36. The van der Waals surface area contributed by atoms with Crippen molar-refractivity contribution in [2.24, 2.45) is 0 Å². The Bertz CT molecular complexity index is 714. The van der Waals surface area contributed by atoms with E-state index >= 15 is 0 Å². The number of nitrogens with zero attached hydrogens (tertiary/aromatic N) is 1. The fourth-order valence-electron chi connectivity index (χ4n) is 2.18. The van der Waals surface area contributed by atoms with Crippen LogP contribution in [0.25, 0.3) is 0 Å². The predicted molar refractivity (Wildman–Crippen MR) is 103 cm³/mol. The van der Waals surface area contributed by atoms with Crippen LogP contribution in [0, 0.1) is 0 Å². The van der Waals surface area contributed by atoms with Gasteiger partial charge in [0.1, 0.15) is 11.5 Å². The number of aromatic hydroxyl groups is 1. The molecule has 0 aliphatic heterocycles. The highest BCUT2D eigenvalue weighted by Gasteiger charge is 2.14. The fraction of sp³-hybridized carbons (Fsp3) is 0.211. The minimum atomic E-state index is 0.249. The van der Waals surface area contributed by atoms with Gasteiger partial charge < -0.3 is 20.1 Å². The van der Waals surface area contributed by atoms with Crippen LogP contribution in [0.2, 0.25) is 0 Å². The molecule has 24 heavy (non-hydrogen) atoms. The van der Waals surface area contributed by atoms with E-state index in [0.717, 1.165) is 22.6 Å². The Hall–Kier alpha value is -2.53. The van der Waals surface area contributed by atoms with E-state index in [-0.39, 0.29) is 5.75 Å². The van der Waals surface area contributed by atoms with Crippen molar-refractivity contribution in [3.05, 3.63) is 66.2 Å². The van der Waals surface area contributed by atoms with Crippen molar-refractivity contribution < 1.29 is 9.84 Å². The summed E-state index contributed by atoms with van der Waals surface area (Å²) in [6.45, 7) is 6.89. The molecule has 5 heteroatoms. The molecule has 2 rings (SSSR count). The lowest BCUT2D eigenvalue weighted by Crippen LogP contribution is -2.40. The van der Waals surface area contributed by atoms with Gasteiger partial charge in [-0.2, -0.15) is 0 Å². The number of thiocarbonyl (C=S) groups is 1. The van der Waals surface area contributed by atoms with Crippen LogP contribution in [-0.4, -0.2) is 23.9 Å². The third kappa shape index (κ3) is 4.73. The van der Waals surface area contributed by atoms with Gasteiger partial charge in [0.05, 0.1) is 13.7 Å². The van der Waals surface area contributed by atoms with Gasteiger partial charge >= 0.3 is 0 Å². The normalized spacial score (nSPS) is 10.1. The zero-order chi connectivity index (χ0) is 17.5. The highest BCUT2D eigenvalue weighted by atomic mass is 32.1. The summed E-state index contributed by atoms with van der Waals surface area (Å²) in [6, 6.07) is 14.9. The number of phenolic OH excluding ortho intramolecular Hbond substituents is 1. The highest BCUT2D eigenvalue weighted by molar-refractivity contribution is 7.80. The van der Waals surface area contributed by atoms with Crippen molar-refractivity contribution in [2.75, 3.05) is 18.6 Å². The van der Waals surface area contributed by atoms with Gasteiger partial charge in [0, 0.05) is 17.8 Å². The average molecular weight is 342 g/mol. The SMILES string of the molecule is C=C(C)CNC(=S)N(Cc1ccccc1O)c1ccc(OC)cc1. The quantitative estimate of drug-likeness (QED) is 0.616. The van der Waals surface area contributed by atoms with Crippen molar-refractivity contribution in [1.82, 2.24) is 5.32 Å². The van der Waals surface area contributed by atoms with Crippen LogP contribution in [0.4, 0.5) is 5.69 Å². The van der Waals surface area contributed by atoms with E-state index in [1.165, 1.54) is 0 Å². The van der Waals surface area contributed by atoms with Crippen molar-refractivity contribution in [3.63, 3.8) is 0 Å². The molecule has 2 aromatic carbocycles. The number of ether oxygens (including phenoxy) is 1. The number of hydrogen-bond donors (Lipinski definition) is 2. The minimum Gasteiger partial charge on any atom is -0.508 e. The second-order valence-corrected chi connectivity index (χ2v) is 5.92. The molecule has 0 unspecified atom stereocenters. The molecule has 0 aliphatic rings. The number of benzene rings is 2. The first-order chi connectivity index (χ1) is 11.5. The predicted octanol–water partition coefficient (Wildman–Crippen LogP) is 3.86. The van der Waals surface area contributed by atoms with Crippen LogP contribution >= 0.6 is 12.2 Å². The Labute approximate surface area is 148 Å². The van der Waals surface area contributed by atoms with Crippen LogP contribution in [-0.2, 0) is 6.54 Å². The Balaban J connectivity index is 2.27. The standard InChI is InChI=1S/C19H22N2O2S/c1-14(2)12-20-19(24)21(13-15-6-4-5-7-18(15)22)16-8-10-17(23-3)11-9-16/h4-11,22H,1,12-13H2,2-3H3,(H,20,24). The lowest BCUT2D eigenvalue weighted by molar-refractivity contribution is 0.415. The monoisotopic (exact) mass is 342 g/mol. The van der Waals surface area contributed by atoms with E-state index in [0.29, 0.717) is 18.2 Å². The number of phenols is 1. The molecule has 0 amide bonds. The molecular weight excluding hydrogens is 320 g/mol. The van der Waals surface area contributed by atoms with Gasteiger partial charge in [0.15, 0.2) is 5.11 Å². The summed E-state index contributed by atoms with van der Waals surface area (Å²) in [7, 11) is 1.63. The first kappa shape index (κ1) is 17.8. The zero-order valence-corrected chi connectivity index (χ0v) is 14.8. The number of anilines is 1. The summed E-state index contributed by atoms with van der Waals surface area (Å²) >= 11 is 5.54. The lowest BCUT2D eigenvalue weighted by atomic mass is 10.1. The summed E-state index contributed by atoms with van der Waals surface area (Å²) in [5.74, 6) is 1.03. The lowest BCUT2D eigenvalue weighted by Gasteiger charge is -2.26. The molecule has 2 aromatic rings. The molecule has 0 fully saturated rings. The van der Waals surface area contributed by atoms with Gasteiger partial charge in [-0.1, -0.05) is 30.4 Å². The van der Waals surface area contributed by atoms with Crippen LogP contribution < -0.4 is 15.0 Å². The molecule has 0 aromatic heterocycles. The smallest absolute Gasteiger partial charge is 0.174 e. The van der Waals surface area contributed by atoms with Crippen molar-refractivity contribution >= 4 is 23.0 Å². The first-order valence-electron chi connectivity index (χ1n) is 7.62. The number of para-hydroxylation sites is 1. The van der Waals surface area contributed by atoms with Gasteiger partial charge in [0.25, 0.3) is 0 Å². The first-order valence-corrected chi connectivity index (χ1v) is 8.02.